The molecule has 4 atom stereocenters. The van der Waals surface area contributed by atoms with Gasteiger partial charge in [-0.1, -0.05) is 36.4 Å². The summed E-state index contributed by atoms with van der Waals surface area (Å²) >= 11 is 0. The Bertz CT molecular complexity index is 1220. The second kappa shape index (κ2) is 6.75. The van der Waals surface area contributed by atoms with Crippen molar-refractivity contribution in [2.24, 2.45) is 11.8 Å². The van der Waals surface area contributed by atoms with Gasteiger partial charge in [0.25, 0.3) is 10.0 Å². The summed E-state index contributed by atoms with van der Waals surface area (Å²) in [6, 6.07) is 14.5. The molecule has 2 aromatic rings. The number of sulfonamides is 1. The van der Waals surface area contributed by atoms with Crippen molar-refractivity contribution in [2.45, 2.75) is 17.0 Å². The molecule has 5 rings (SSSR count). The average molecular weight is 421 g/mol. The third-order valence-electron chi connectivity index (χ3n) is 6.09. The van der Waals surface area contributed by atoms with Crippen LogP contribution >= 0.6 is 0 Å². The van der Waals surface area contributed by atoms with E-state index in [1.54, 1.807) is 36.4 Å². The zero-order chi connectivity index (χ0) is 21.0. The summed E-state index contributed by atoms with van der Waals surface area (Å²) in [6.45, 7) is 0. The number of ketones is 2. The van der Waals surface area contributed by atoms with Gasteiger partial charge in [-0.3, -0.25) is 13.9 Å². The number of anilines is 1. The molecule has 0 radical (unpaired) electrons. The Balaban J connectivity index is 1.77. The van der Waals surface area contributed by atoms with E-state index in [4.69, 9.17) is 4.74 Å². The van der Waals surface area contributed by atoms with E-state index in [1.807, 2.05) is 12.1 Å². The number of rotatable bonds is 3. The molecule has 3 aliphatic rings. The summed E-state index contributed by atoms with van der Waals surface area (Å²) in [7, 11) is -2.48. The molecule has 0 amide bonds. The third-order valence-corrected chi connectivity index (χ3v) is 7.90. The summed E-state index contributed by atoms with van der Waals surface area (Å²) in [5.41, 5.74) is 1.94. The first-order valence-corrected chi connectivity index (χ1v) is 11.1. The van der Waals surface area contributed by atoms with Gasteiger partial charge in [-0.15, -0.1) is 0 Å². The molecule has 0 fully saturated rings. The molecule has 1 heterocycles. The summed E-state index contributed by atoms with van der Waals surface area (Å²) < 4.78 is 34.3. The average Bonchev–Trinajstić information content (AvgIpc) is 3.11. The van der Waals surface area contributed by atoms with Crippen LogP contribution in [0.2, 0.25) is 0 Å². The maximum absolute atomic E-state index is 13.7. The third kappa shape index (κ3) is 2.55. The highest BCUT2D eigenvalue weighted by atomic mass is 32.2. The lowest BCUT2D eigenvalue weighted by Gasteiger charge is -2.42. The Morgan fingerprint density at radius 1 is 0.867 bits per heavy atom. The molecule has 2 aliphatic carbocycles. The second-order valence-electron chi connectivity index (χ2n) is 7.59. The van der Waals surface area contributed by atoms with Gasteiger partial charge in [0.2, 0.25) is 0 Å². The zero-order valence-corrected chi connectivity index (χ0v) is 17.0. The summed E-state index contributed by atoms with van der Waals surface area (Å²) in [4.78, 5) is 25.8. The van der Waals surface area contributed by atoms with Crippen molar-refractivity contribution < 1.29 is 22.7 Å². The molecule has 0 bridgehead atoms. The van der Waals surface area contributed by atoms with Crippen LogP contribution in [0.5, 0.6) is 0 Å². The molecule has 0 saturated heterocycles. The van der Waals surface area contributed by atoms with Crippen molar-refractivity contribution >= 4 is 32.9 Å². The van der Waals surface area contributed by atoms with Gasteiger partial charge in [-0.25, -0.2) is 8.42 Å². The molecule has 30 heavy (non-hydrogen) atoms. The minimum absolute atomic E-state index is 0.136. The largest absolute Gasteiger partial charge is 0.377 e. The normalized spacial score (nSPS) is 27.4. The molecule has 0 N–H and O–H groups in total. The fraction of sp³-hybridized carbons (Fsp3) is 0.217. The Labute approximate surface area is 174 Å². The molecule has 6 nitrogen and oxygen atoms in total. The number of hydrogen-bond donors (Lipinski definition) is 0. The highest BCUT2D eigenvalue weighted by Crippen LogP contribution is 2.51. The van der Waals surface area contributed by atoms with Crippen LogP contribution in [0, 0.1) is 11.8 Å². The predicted molar refractivity (Wildman–Crippen MR) is 111 cm³/mol. The molecule has 0 spiro atoms. The first-order chi connectivity index (χ1) is 14.4. The standard InChI is InChI=1S/C23H19NO5S/c1-29-20-13-16-15-9-5-6-10-17(15)24(30(27,28)14-7-3-2-4-8-14)23(16)22-19(26)12-11-18(25)21(20)22/h2-13,20-23H,1H3/t20-,21-,22-,23+/m0/s1. The SMILES string of the molecule is CO[C@H]1C=C2c3ccccc3N(S(=O)(=O)c3ccccc3)[C@H]2[C@H]2C(=O)C=CC(=O)[C@H]21. The lowest BCUT2D eigenvalue weighted by molar-refractivity contribution is -0.133. The zero-order valence-electron chi connectivity index (χ0n) is 16.1. The number of nitrogens with zero attached hydrogens (tertiary/aromatic N) is 1. The van der Waals surface area contributed by atoms with E-state index >= 15 is 0 Å². The van der Waals surface area contributed by atoms with Crippen molar-refractivity contribution in [2.75, 3.05) is 11.4 Å². The van der Waals surface area contributed by atoms with Crippen LogP contribution in [0.4, 0.5) is 5.69 Å². The van der Waals surface area contributed by atoms with Crippen molar-refractivity contribution in [3.05, 3.63) is 78.4 Å². The van der Waals surface area contributed by atoms with E-state index in [1.165, 1.54) is 35.7 Å². The Hall–Kier alpha value is -3.03. The first kappa shape index (κ1) is 19.0. The molecular formula is C23H19NO5S. The molecule has 0 aromatic heterocycles. The highest BCUT2D eigenvalue weighted by molar-refractivity contribution is 7.93. The smallest absolute Gasteiger partial charge is 0.264 e. The van der Waals surface area contributed by atoms with Gasteiger partial charge in [0.15, 0.2) is 11.6 Å². The van der Waals surface area contributed by atoms with Crippen molar-refractivity contribution in [1.29, 1.82) is 0 Å². The minimum atomic E-state index is -3.97. The molecular weight excluding hydrogens is 402 g/mol. The van der Waals surface area contributed by atoms with Gasteiger partial charge in [-0.05, 0) is 42.0 Å². The first-order valence-electron chi connectivity index (χ1n) is 9.64. The molecule has 0 saturated carbocycles. The number of carbonyl (C=O) groups excluding carboxylic acids is 2. The van der Waals surface area contributed by atoms with Crippen LogP contribution in [0.25, 0.3) is 5.57 Å². The Kier molecular flexibility index (Phi) is 4.27. The summed E-state index contributed by atoms with van der Waals surface area (Å²) in [5.74, 6) is -2.10. The van der Waals surface area contributed by atoms with E-state index in [9.17, 15) is 18.0 Å². The number of methoxy groups -OCH3 is 1. The molecule has 7 heteroatoms. The van der Waals surface area contributed by atoms with Crippen molar-refractivity contribution in [3.8, 4) is 0 Å². The van der Waals surface area contributed by atoms with Crippen molar-refractivity contribution in [3.63, 3.8) is 0 Å². The van der Waals surface area contributed by atoms with E-state index in [-0.39, 0.29) is 16.5 Å². The number of carbonyl (C=O) groups is 2. The second-order valence-corrected chi connectivity index (χ2v) is 9.40. The van der Waals surface area contributed by atoms with Crippen LogP contribution < -0.4 is 4.31 Å². The van der Waals surface area contributed by atoms with E-state index in [0.29, 0.717) is 11.3 Å². The van der Waals surface area contributed by atoms with Crippen LogP contribution in [-0.4, -0.2) is 39.2 Å². The lowest BCUT2D eigenvalue weighted by Crippen LogP contribution is -2.54. The Morgan fingerprint density at radius 2 is 1.50 bits per heavy atom. The quantitative estimate of drug-likeness (QED) is 0.761. The lowest BCUT2D eigenvalue weighted by atomic mass is 9.68. The van der Waals surface area contributed by atoms with E-state index in [2.05, 4.69) is 0 Å². The summed E-state index contributed by atoms with van der Waals surface area (Å²) in [6.07, 6.45) is 3.73. The topological polar surface area (TPSA) is 80.8 Å². The van der Waals surface area contributed by atoms with Gasteiger partial charge in [0, 0.05) is 12.7 Å². The number of ether oxygens (including phenoxy) is 1. The van der Waals surface area contributed by atoms with Gasteiger partial charge in [0.05, 0.1) is 34.6 Å². The van der Waals surface area contributed by atoms with Crippen LogP contribution in [0.1, 0.15) is 5.56 Å². The molecule has 1 aliphatic heterocycles. The number of para-hydroxylation sites is 1. The summed E-state index contributed by atoms with van der Waals surface area (Å²) in [5, 5.41) is 0. The van der Waals surface area contributed by atoms with E-state index in [0.717, 1.165) is 5.56 Å². The van der Waals surface area contributed by atoms with Crippen molar-refractivity contribution in [1.82, 2.24) is 0 Å². The molecule has 0 unspecified atom stereocenters. The maximum atomic E-state index is 13.7. The fourth-order valence-corrected chi connectivity index (χ4v) is 6.50. The molecule has 2 aromatic carbocycles. The minimum Gasteiger partial charge on any atom is -0.377 e. The van der Waals surface area contributed by atoms with Gasteiger partial charge in [0.1, 0.15) is 0 Å². The maximum Gasteiger partial charge on any atom is 0.264 e. The number of hydrogen-bond acceptors (Lipinski definition) is 5. The number of fused-ring (bicyclic) bond motifs is 5. The van der Waals surface area contributed by atoms with Crippen LogP contribution in [0.3, 0.4) is 0 Å². The number of benzene rings is 2. The van der Waals surface area contributed by atoms with Gasteiger partial charge < -0.3 is 4.74 Å². The number of allylic oxidation sites excluding steroid dienone is 2. The predicted octanol–water partition coefficient (Wildman–Crippen LogP) is 2.62. The Morgan fingerprint density at radius 3 is 2.20 bits per heavy atom. The van der Waals surface area contributed by atoms with E-state index < -0.39 is 34.0 Å². The fourth-order valence-electron chi connectivity index (χ4n) is 4.81. The molecule has 152 valence electrons. The van der Waals surface area contributed by atoms with Gasteiger partial charge >= 0.3 is 0 Å². The van der Waals surface area contributed by atoms with Crippen LogP contribution in [0.15, 0.2) is 77.7 Å². The monoisotopic (exact) mass is 421 g/mol. The highest BCUT2D eigenvalue weighted by Gasteiger charge is 2.55. The van der Waals surface area contributed by atoms with Gasteiger partial charge in [-0.2, -0.15) is 0 Å². The van der Waals surface area contributed by atoms with Crippen LogP contribution in [-0.2, 0) is 24.3 Å².